The summed E-state index contributed by atoms with van der Waals surface area (Å²) in [6.07, 6.45) is 4.51. The van der Waals surface area contributed by atoms with Crippen LogP contribution in [0.1, 0.15) is 43.7 Å². The first-order valence-electron chi connectivity index (χ1n) is 6.61. The standard InChI is InChI=1S/C15H20N2O/c1-15(18,14-8-3-2-4-9-17-14)13-7-5-6-12(10-13)11-16/h5-7,10,14,17-18H,2-4,8-9H2,1H3. The van der Waals surface area contributed by atoms with Crippen molar-refractivity contribution in [1.82, 2.24) is 5.32 Å². The highest BCUT2D eigenvalue weighted by atomic mass is 16.3. The summed E-state index contributed by atoms with van der Waals surface area (Å²) in [5.41, 5.74) is 0.499. The van der Waals surface area contributed by atoms with Crippen LogP contribution >= 0.6 is 0 Å². The van der Waals surface area contributed by atoms with E-state index >= 15 is 0 Å². The first-order chi connectivity index (χ1) is 8.64. The first-order valence-corrected chi connectivity index (χ1v) is 6.61. The van der Waals surface area contributed by atoms with Crippen LogP contribution in [0.15, 0.2) is 24.3 Å². The molecule has 0 spiro atoms. The molecular formula is C15H20N2O. The van der Waals surface area contributed by atoms with Crippen molar-refractivity contribution in [3.05, 3.63) is 35.4 Å². The number of nitriles is 1. The van der Waals surface area contributed by atoms with Crippen LogP contribution in [0.3, 0.4) is 0 Å². The number of hydrogen-bond donors (Lipinski definition) is 2. The highest BCUT2D eigenvalue weighted by Crippen LogP contribution is 2.29. The average molecular weight is 244 g/mol. The Kier molecular flexibility index (Phi) is 4.00. The fraction of sp³-hybridized carbons (Fsp3) is 0.533. The Bertz CT molecular complexity index is 440. The molecule has 1 saturated heterocycles. The predicted octanol–water partition coefficient (Wildman–Crippen LogP) is 2.30. The third-order valence-electron chi connectivity index (χ3n) is 3.81. The van der Waals surface area contributed by atoms with Crippen LogP contribution in [0.25, 0.3) is 0 Å². The zero-order valence-electron chi connectivity index (χ0n) is 10.8. The molecule has 18 heavy (non-hydrogen) atoms. The number of nitrogens with one attached hydrogen (secondary N) is 1. The van der Waals surface area contributed by atoms with Gasteiger partial charge in [-0.2, -0.15) is 5.26 Å². The van der Waals surface area contributed by atoms with Crippen molar-refractivity contribution in [3.63, 3.8) is 0 Å². The van der Waals surface area contributed by atoms with Crippen LogP contribution in [0, 0.1) is 11.3 Å². The largest absolute Gasteiger partial charge is 0.384 e. The summed E-state index contributed by atoms with van der Waals surface area (Å²) in [4.78, 5) is 0. The van der Waals surface area contributed by atoms with Crippen molar-refractivity contribution in [2.45, 2.75) is 44.2 Å². The summed E-state index contributed by atoms with van der Waals surface area (Å²) in [7, 11) is 0. The maximum atomic E-state index is 10.8. The molecule has 0 aromatic heterocycles. The van der Waals surface area contributed by atoms with E-state index in [0.717, 1.165) is 24.9 Å². The van der Waals surface area contributed by atoms with E-state index < -0.39 is 5.60 Å². The molecule has 0 saturated carbocycles. The van der Waals surface area contributed by atoms with Crippen LogP contribution in [0.5, 0.6) is 0 Å². The van der Waals surface area contributed by atoms with Gasteiger partial charge in [0.05, 0.1) is 11.6 Å². The van der Waals surface area contributed by atoms with Crippen LogP contribution in [0.2, 0.25) is 0 Å². The lowest BCUT2D eigenvalue weighted by Crippen LogP contribution is -2.46. The Balaban J connectivity index is 2.25. The van der Waals surface area contributed by atoms with E-state index in [4.69, 9.17) is 5.26 Å². The third-order valence-corrected chi connectivity index (χ3v) is 3.81. The molecule has 0 bridgehead atoms. The van der Waals surface area contributed by atoms with E-state index in [1.165, 1.54) is 12.8 Å². The molecule has 0 aliphatic carbocycles. The lowest BCUT2D eigenvalue weighted by molar-refractivity contribution is 0.0136. The Morgan fingerprint density at radius 3 is 3.00 bits per heavy atom. The van der Waals surface area contributed by atoms with Crippen LogP contribution in [-0.2, 0) is 5.60 Å². The van der Waals surface area contributed by atoms with E-state index in [2.05, 4.69) is 11.4 Å². The minimum Gasteiger partial charge on any atom is -0.384 e. The predicted molar refractivity (Wildman–Crippen MR) is 71.0 cm³/mol. The topological polar surface area (TPSA) is 56.0 Å². The van der Waals surface area contributed by atoms with Crippen LogP contribution < -0.4 is 5.32 Å². The maximum absolute atomic E-state index is 10.8. The Morgan fingerprint density at radius 2 is 2.22 bits per heavy atom. The number of rotatable bonds is 2. The summed E-state index contributed by atoms with van der Waals surface area (Å²) >= 11 is 0. The van der Waals surface area contributed by atoms with E-state index in [0.29, 0.717) is 5.56 Å². The van der Waals surface area contributed by atoms with E-state index in [9.17, 15) is 5.11 Å². The molecule has 0 amide bonds. The van der Waals surface area contributed by atoms with Gasteiger partial charge < -0.3 is 10.4 Å². The Labute approximate surface area is 108 Å². The molecule has 1 aliphatic rings. The number of benzene rings is 1. The minimum absolute atomic E-state index is 0.0638. The second kappa shape index (κ2) is 5.51. The van der Waals surface area contributed by atoms with Gasteiger partial charge in [-0.05, 0) is 44.0 Å². The normalized spacial score (nSPS) is 23.7. The quantitative estimate of drug-likeness (QED) is 0.839. The monoisotopic (exact) mass is 244 g/mol. The molecule has 1 heterocycles. The first kappa shape index (κ1) is 13.1. The molecule has 96 valence electrons. The third kappa shape index (κ3) is 2.72. The molecule has 1 aromatic rings. The van der Waals surface area contributed by atoms with Gasteiger partial charge in [-0.25, -0.2) is 0 Å². The molecule has 3 heteroatoms. The van der Waals surface area contributed by atoms with E-state index in [1.807, 2.05) is 19.1 Å². The van der Waals surface area contributed by atoms with Gasteiger partial charge in [0.25, 0.3) is 0 Å². The van der Waals surface area contributed by atoms with Crippen LogP contribution in [-0.4, -0.2) is 17.7 Å². The molecule has 2 unspecified atom stereocenters. The number of nitrogens with zero attached hydrogens (tertiary/aromatic N) is 1. The fourth-order valence-electron chi connectivity index (χ4n) is 2.61. The molecule has 1 fully saturated rings. The molecule has 3 nitrogen and oxygen atoms in total. The van der Waals surface area contributed by atoms with Crippen molar-refractivity contribution in [2.75, 3.05) is 6.54 Å². The second-order valence-electron chi connectivity index (χ2n) is 5.20. The molecule has 2 rings (SSSR count). The van der Waals surface area contributed by atoms with Gasteiger partial charge in [0.15, 0.2) is 0 Å². The van der Waals surface area contributed by atoms with Gasteiger partial charge in [0.1, 0.15) is 5.60 Å². The van der Waals surface area contributed by atoms with E-state index in [-0.39, 0.29) is 6.04 Å². The van der Waals surface area contributed by atoms with Crippen molar-refractivity contribution in [1.29, 1.82) is 5.26 Å². The Hall–Kier alpha value is -1.37. The molecule has 2 atom stereocenters. The lowest BCUT2D eigenvalue weighted by atomic mass is 9.85. The molecule has 2 N–H and O–H groups in total. The van der Waals surface area contributed by atoms with Gasteiger partial charge in [-0.1, -0.05) is 25.0 Å². The van der Waals surface area contributed by atoms with Crippen molar-refractivity contribution in [3.8, 4) is 6.07 Å². The summed E-state index contributed by atoms with van der Waals surface area (Å²) in [6, 6.07) is 9.46. The van der Waals surface area contributed by atoms with Crippen molar-refractivity contribution in [2.24, 2.45) is 0 Å². The summed E-state index contributed by atoms with van der Waals surface area (Å²) in [5.74, 6) is 0. The zero-order valence-corrected chi connectivity index (χ0v) is 10.8. The van der Waals surface area contributed by atoms with Gasteiger partial charge in [0, 0.05) is 6.04 Å². The average Bonchev–Trinajstić information content (AvgIpc) is 2.68. The molecule has 1 aromatic carbocycles. The molecular weight excluding hydrogens is 224 g/mol. The van der Waals surface area contributed by atoms with Gasteiger partial charge in [-0.15, -0.1) is 0 Å². The lowest BCUT2D eigenvalue weighted by Gasteiger charge is -2.33. The molecule has 1 aliphatic heterocycles. The fourth-order valence-corrected chi connectivity index (χ4v) is 2.61. The summed E-state index contributed by atoms with van der Waals surface area (Å²) in [6.45, 7) is 2.80. The van der Waals surface area contributed by atoms with Gasteiger partial charge >= 0.3 is 0 Å². The summed E-state index contributed by atoms with van der Waals surface area (Å²) < 4.78 is 0. The van der Waals surface area contributed by atoms with Crippen molar-refractivity contribution >= 4 is 0 Å². The second-order valence-corrected chi connectivity index (χ2v) is 5.20. The SMILES string of the molecule is CC(O)(c1cccc(C#N)c1)C1CCCCCN1. The van der Waals surface area contributed by atoms with Gasteiger partial charge in [-0.3, -0.25) is 0 Å². The summed E-state index contributed by atoms with van der Waals surface area (Å²) in [5, 5.41) is 23.1. The van der Waals surface area contributed by atoms with Crippen molar-refractivity contribution < 1.29 is 5.11 Å². The smallest absolute Gasteiger partial charge is 0.102 e. The molecule has 0 radical (unpaired) electrons. The van der Waals surface area contributed by atoms with E-state index in [1.54, 1.807) is 12.1 Å². The Morgan fingerprint density at radius 1 is 1.39 bits per heavy atom. The number of hydrogen-bond acceptors (Lipinski definition) is 3. The maximum Gasteiger partial charge on any atom is 0.102 e. The highest BCUT2D eigenvalue weighted by molar-refractivity contribution is 5.36. The number of aliphatic hydroxyl groups is 1. The highest BCUT2D eigenvalue weighted by Gasteiger charge is 2.33. The van der Waals surface area contributed by atoms with Crippen LogP contribution in [0.4, 0.5) is 0 Å². The van der Waals surface area contributed by atoms with Gasteiger partial charge in [0.2, 0.25) is 0 Å². The zero-order chi connectivity index (χ0) is 13.0. The minimum atomic E-state index is -0.919.